The number of hydrogen-bond acceptors (Lipinski definition) is 3. The summed E-state index contributed by atoms with van der Waals surface area (Å²) in [5.41, 5.74) is 0.825. The van der Waals surface area contributed by atoms with Gasteiger partial charge >= 0.3 is 6.09 Å². The molecule has 2 bridgehead atoms. The van der Waals surface area contributed by atoms with E-state index in [0.29, 0.717) is 18.6 Å². The zero-order valence-corrected chi connectivity index (χ0v) is 18.4. The van der Waals surface area contributed by atoms with Gasteiger partial charge in [-0.3, -0.25) is 4.90 Å². The number of fused-ring (bicyclic) bond motifs is 2. The van der Waals surface area contributed by atoms with Crippen molar-refractivity contribution in [3.05, 3.63) is 54.0 Å². The van der Waals surface area contributed by atoms with Crippen LogP contribution in [0.15, 0.2) is 46.9 Å². The zero-order chi connectivity index (χ0) is 19.0. The largest absolute Gasteiger partial charge is 1.00 e. The Morgan fingerprint density at radius 2 is 1.75 bits per heavy atom. The summed E-state index contributed by atoms with van der Waals surface area (Å²) in [5.74, 6) is 1.60. The van der Waals surface area contributed by atoms with Gasteiger partial charge in [0.1, 0.15) is 17.6 Å². The van der Waals surface area contributed by atoms with Gasteiger partial charge in [0.25, 0.3) is 0 Å². The monoisotopic (exact) mass is 448 g/mol. The summed E-state index contributed by atoms with van der Waals surface area (Å²) in [6, 6.07) is 14.7. The molecular weight excluding hydrogens is 420 g/mol. The number of aryl methyl sites for hydroxylation is 1. The van der Waals surface area contributed by atoms with Crippen LogP contribution in [0.5, 0.6) is 0 Å². The van der Waals surface area contributed by atoms with Crippen molar-refractivity contribution < 1.29 is 35.4 Å². The highest BCUT2D eigenvalue weighted by Crippen LogP contribution is 2.40. The van der Waals surface area contributed by atoms with Crippen LogP contribution in [0.3, 0.4) is 0 Å². The van der Waals surface area contributed by atoms with E-state index in [1.807, 2.05) is 49.4 Å². The van der Waals surface area contributed by atoms with Crippen molar-refractivity contribution in [3.8, 4) is 0 Å². The maximum absolute atomic E-state index is 13.1. The van der Waals surface area contributed by atoms with Crippen molar-refractivity contribution in [1.82, 2.24) is 0 Å². The van der Waals surface area contributed by atoms with Gasteiger partial charge < -0.3 is 30.6 Å². The molecule has 0 spiro atoms. The van der Waals surface area contributed by atoms with Crippen molar-refractivity contribution in [1.29, 1.82) is 0 Å². The minimum Gasteiger partial charge on any atom is -1.00 e. The van der Waals surface area contributed by atoms with E-state index in [0.717, 1.165) is 34.5 Å². The SMILES string of the molecule is Cc1ccc(CN(C(=O)O[C@H]2C[C@H]3CC[C@@H](C2)[N+]3(C)C)c2ccccc2)o1.[Br-]. The highest BCUT2D eigenvalue weighted by atomic mass is 79.9. The highest BCUT2D eigenvalue weighted by Gasteiger charge is 2.50. The molecule has 6 heteroatoms. The van der Waals surface area contributed by atoms with E-state index in [-0.39, 0.29) is 29.2 Å². The zero-order valence-electron chi connectivity index (χ0n) is 16.8. The number of anilines is 1. The number of ether oxygens (including phenoxy) is 1. The molecule has 152 valence electrons. The minimum atomic E-state index is -0.285. The third-order valence-electron chi connectivity index (χ3n) is 6.45. The number of rotatable bonds is 4. The minimum absolute atomic E-state index is 0. The number of furan rings is 1. The molecule has 4 rings (SSSR count). The van der Waals surface area contributed by atoms with Crippen LogP contribution >= 0.6 is 0 Å². The fraction of sp³-hybridized carbons (Fsp3) is 0.500. The molecule has 2 saturated heterocycles. The van der Waals surface area contributed by atoms with Gasteiger partial charge in [0.15, 0.2) is 0 Å². The van der Waals surface area contributed by atoms with Gasteiger partial charge in [0, 0.05) is 31.4 Å². The lowest BCUT2D eigenvalue weighted by Crippen LogP contribution is -3.00. The summed E-state index contributed by atoms with van der Waals surface area (Å²) >= 11 is 0. The van der Waals surface area contributed by atoms with E-state index in [1.54, 1.807) is 4.90 Å². The molecule has 3 heterocycles. The Morgan fingerprint density at radius 1 is 1.11 bits per heavy atom. The summed E-state index contributed by atoms with van der Waals surface area (Å²) in [5, 5.41) is 0. The van der Waals surface area contributed by atoms with Crippen LogP contribution in [-0.4, -0.2) is 42.9 Å². The fourth-order valence-electron chi connectivity index (χ4n) is 4.73. The number of nitrogens with zero attached hydrogens (tertiary/aromatic N) is 2. The summed E-state index contributed by atoms with van der Waals surface area (Å²) in [6.07, 6.45) is 4.10. The third-order valence-corrected chi connectivity index (χ3v) is 6.45. The van der Waals surface area contributed by atoms with Crippen LogP contribution in [-0.2, 0) is 11.3 Å². The van der Waals surface area contributed by atoms with Crippen LogP contribution in [0.1, 0.15) is 37.2 Å². The summed E-state index contributed by atoms with van der Waals surface area (Å²) < 4.78 is 12.8. The molecule has 28 heavy (non-hydrogen) atoms. The molecule has 0 N–H and O–H groups in total. The van der Waals surface area contributed by atoms with E-state index in [4.69, 9.17) is 9.15 Å². The average Bonchev–Trinajstić information content (AvgIpc) is 3.07. The molecule has 1 amide bonds. The number of piperidine rings is 1. The maximum Gasteiger partial charge on any atom is 0.414 e. The predicted molar refractivity (Wildman–Crippen MR) is 104 cm³/mol. The van der Waals surface area contributed by atoms with Gasteiger partial charge in [0.05, 0.1) is 32.7 Å². The number of quaternary nitrogens is 1. The lowest BCUT2D eigenvalue weighted by molar-refractivity contribution is -0.931. The van der Waals surface area contributed by atoms with E-state index in [1.165, 1.54) is 12.8 Å². The standard InChI is InChI=1S/C22H29N2O3.BrH/c1-16-9-12-20(26-16)15-23(17-7-5-4-6-8-17)22(25)27-21-13-18-10-11-19(14-21)24(18,2)3;/h4-9,12,18-19,21H,10-11,13-15H2,1-3H3;1H/q+1;/p-1/t18-,19+,21+;. The molecule has 2 aliphatic rings. The van der Waals surface area contributed by atoms with E-state index in [9.17, 15) is 4.79 Å². The molecule has 1 aromatic heterocycles. The van der Waals surface area contributed by atoms with Crippen LogP contribution in [0.2, 0.25) is 0 Å². The topological polar surface area (TPSA) is 42.7 Å². The Bertz CT molecular complexity index is 789. The summed E-state index contributed by atoms with van der Waals surface area (Å²) in [6.45, 7) is 2.28. The lowest BCUT2D eigenvalue weighted by atomic mass is 9.98. The van der Waals surface area contributed by atoms with E-state index >= 15 is 0 Å². The number of carbonyl (C=O) groups excluding carboxylic acids is 1. The lowest BCUT2D eigenvalue weighted by Gasteiger charge is -2.44. The molecule has 0 aliphatic carbocycles. The predicted octanol–water partition coefficient (Wildman–Crippen LogP) is 1.51. The first-order valence-electron chi connectivity index (χ1n) is 9.85. The molecule has 0 unspecified atom stereocenters. The Labute approximate surface area is 177 Å². The third kappa shape index (κ3) is 4.13. The second-order valence-corrected chi connectivity index (χ2v) is 8.43. The van der Waals surface area contributed by atoms with Crippen LogP contribution in [0.4, 0.5) is 10.5 Å². The molecule has 1 aromatic carbocycles. The molecule has 2 aliphatic heterocycles. The van der Waals surface area contributed by atoms with Crippen LogP contribution in [0.25, 0.3) is 0 Å². The number of hydrogen-bond donors (Lipinski definition) is 0. The Hall–Kier alpha value is -1.79. The number of carbonyl (C=O) groups is 1. The van der Waals surface area contributed by atoms with Gasteiger partial charge in [0.2, 0.25) is 0 Å². The molecule has 3 atom stereocenters. The van der Waals surface area contributed by atoms with Gasteiger partial charge in [-0.2, -0.15) is 0 Å². The number of benzene rings is 1. The van der Waals surface area contributed by atoms with Gasteiger partial charge in [-0.15, -0.1) is 0 Å². The molecule has 2 fully saturated rings. The van der Waals surface area contributed by atoms with Crippen molar-refractivity contribution in [2.24, 2.45) is 0 Å². The van der Waals surface area contributed by atoms with Crippen LogP contribution in [0, 0.1) is 6.92 Å². The molecule has 0 saturated carbocycles. The van der Waals surface area contributed by atoms with Crippen molar-refractivity contribution in [2.45, 2.75) is 57.3 Å². The Balaban J connectivity index is 0.00000225. The number of amides is 1. The smallest absolute Gasteiger partial charge is 0.414 e. The first-order valence-corrected chi connectivity index (χ1v) is 9.85. The first kappa shape index (κ1) is 20.9. The normalized spacial score (nSPS) is 25.0. The second kappa shape index (κ2) is 8.29. The molecule has 5 nitrogen and oxygen atoms in total. The van der Waals surface area contributed by atoms with Gasteiger partial charge in [-0.25, -0.2) is 4.79 Å². The quantitative estimate of drug-likeness (QED) is 0.665. The van der Waals surface area contributed by atoms with E-state index in [2.05, 4.69) is 14.1 Å². The average molecular weight is 449 g/mol. The molecule has 2 aromatic rings. The Kier molecular flexibility index (Phi) is 6.20. The number of para-hydroxylation sites is 1. The van der Waals surface area contributed by atoms with Crippen molar-refractivity contribution in [2.75, 3.05) is 19.0 Å². The Morgan fingerprint density at radius 3 is 2.32 bits per heavy atom. The summed E-state index contributed by atoms with van der Waals surface area (Å²) in [4.78, 5) is 14.8. The first-order chi connectivity index (χ1) is 12.9. The van der Waals surface area contributed by atoms with Crippen molar-refractivity contribution >= 4 is 11.8 Å². The van der Waals surface area contributed by atoms with Crippen molar-refractivity contribution in [3.63, 3.8) is 0 Å². The fourth-order valence-corrected chi connectivity index (χ4v) is 4.73. The second-order valence-electron chi connectivity index (χ2n) is 8.43. The summed E-state index contributed by atoms with van der Waals surface area (Å²) in [7, 11) is 4.63. The maximum atomic E-state index is 13.1. The number of halogens is 1. The van der Waals surface area contributed by atoms with Gasteiger partial charge in [-0.05, 0) is 31.2 Å². The van der Waals surface area contributed by atoms with E-state index < -0.39 is 0 Å². The highest BCUT2D eigenvalue weighted by molar-refractivity contribution is 5.87. The van der Waals surface area contributed by atoms with Crippen LogP contribution < -0.4 is 21.9 Å². The molecular formula is C22H29BrN2O3. The molecule has 0 radical (unpaired) electrons. The van der Waals surface area contributed by atoms with Gasteiger partial charge in [-0.1, -0.05) is 18.2 Å².